The third-order valence-corrected chi connectivity index (χ3v) is 4.38. The Hall–Kier alpha value is -0.430. The van der Waals surface area contributed by atoms with Crippen LogP contribution < -0.4 is 0 Å². The van der Waals surface area contributed by atoms with E-state index in [4.69, 9.17) is 0 Å². The van der Waals surface area contributed by atoms with Gasteiger partial charge in [-0.2, -0.15) is 0 Å². The van der Waals surface area contributed by atoms with Crippen LogP contribution in [0.4, 0.5) is 0 Å². The summed E-state index contributed by atoms with van der Waals surface area (Å²) in [7, 11) is 0. The van der Waals surface area contributed by atoms with Gasteiger partial charge in [0.2, 0.25) is 0 Å². The van der Waals surface area contributed by atoms with Gasteiger partial charge in [-0.1, -0.05) is 31.7 Å². The van der Waals surface area contributed by atoms with Crippen molar-refractivity contribution in [3.05, 3.63) is 36.3 Å². The van der Waals surface area contributed by atoms with Crippen LogP contribution in [0.25, 0.3) is 0 Å². The summed E-state index contributed by atoms with van der Waals surface area (Å²) >= 11 is 1.86. The van der Waals surface area contributed by atoms with Gasteiger partial charge >= 0.3 is 0 Å². The van der Waals surface area contributed by atoms with E-state index >= 15 is 0 Å². The minimum Gasteiger partial charge on any atom is -0.126 e. The van der Waals surface area contributed by atoms with Gasteiger partial charge in [0.1, 0.15) is 0 Å². The average Bonchev–Trinajstić information content (AvgIpc) is 2.56. The van der Waals surface area contributed by atoms with Crippen LogP contribution in [0.2, 0.25) is 0 Å². The third-order valence-electron chi connectivity index (χ3n) is 3.07. The summed E-state index contributed by atoms with van der Waals surface area (Å²) < 4.78 is 0. The Morgan fingerprint density at radius 2 is 2.07 bits per heavy atom. The minimum absolute atomic E-state index is 0.641. The number of thioether (sulfide) groups is 1. The molecule has 1 rings (SSSR count). The van der Waals surface area contributed by atoms with Gasteiger partial charge in [0.05, 0.1) is 0 Å². The third kappa shape index (κ3) is 3.57. The fourth-order valence-corrected chi connectivity index (χ4v) is 3.20. The van der Waals surface area contributed by atoms with Gasteiger partial charge in [-0.15, -0.1) is 18.3 Å². The quantitative estimate of drug-likeness (QED) is 0.610. The van der Waals surface area contributed by atoms with Crippen molar-refractivity contribution < 1.29 is 0 Å². The first-order valence-electron chi connectivity index (χ1n) is 5.63. The molecule has 3 unspecified atom stereocenters. The summed E-state index contributed by atoms with van der Waals surface area (Å²) in [6.45, 7) is 16.5. The topological polar surface area (TPSA) is 0 Å². The molecule has 0 saturated heterocycles. The molecule has 1 fully saturated rings. The van der Waals surface area contributed by atoms with Gasteiger partial charge < -0.3 is 0 Å². The molecule has 0 radical (unpaired) electrons. The van der Waals surface area contributed by atoms with E-state index in [1.165, 1.54) is 23.3 Å². The van der Waals surface area contributed by atoms with Crippen molar-refractivity contribution in [2.24, 2.45) is 17.8 Å². The first kappa shape index (κ1) is 12.6. The number of hydrogen-bond acceptors (Lipinski definition) is 1. The molecule has 0 aliphatic heterocycles. The highest BCUT2D eigenvalue weighted by Crippen LogP contribution is 2.44. The van der Waals surface area contributed by atoms with Crippen molar-refractivity contribution in [1.29, 1.82) is 0 Å². The first-order valence-corrected chi connectivity index (χ1v) is 6.61. The highest BCUT2D eigenvalue weighted by molar-refractivity contribution is 8.03. The predicted octanol–water partition coefficient (Wildman–Crippen LogP) is 4.66. The van der Waals surface area contributed by atoms with Crippen molar-refractivity contribution in [2.45, 2.75) is 26.7 Å². The zero-order valence-electron chi connectivity index (χ0n) is 9.96. The Morgan fingerprint density at radius 3 is 2.60 bits per heavy atom. The number of hydrogen-bond donors (Lipinski definition) is 0. The number of allylic oxidation sites excluding steroid dienone is 2. The second-order valence-corrected chi connectivity index (χ2v) is 5.90. The van der Waals surface area contributed by atoms with Crippen molar-refractivity contribution >= 4 is 11.8 Å². The standard InChI is InChI=1S/C14H22S/c1-6-13-7-11(4)8-14(13)12(5)15-9-10(2)3/h6,11,13-14H,1-2,5,7-9H2,3-4H3. The highest BCUT2D eigenvalue weighted by atomic mass is 32.2. The van der Waals surface area contributed by atoms with Crippen LogP contribution in [0.15, 0.2) is 36.3 Å². The van der Waals surface area contributed by atoms with E-state index in [9.17, 15) is 0 Å². The molecule has 1 aliphatic carbocycles. The number of rotatable bonds is 5. The summed E-state index contributed by atoms with van der Waals surface area (Å²) in [6.07, 6.45) is 4.67. The van der Waals surface area contributed by atoms with Crippen LogP contribution in [-0.4, -0.2) is 5.75 Å². The summed E-state index contributed by atoms with van der Waals surface area (Å²) in [5.41, 5.74) is 1.22. The molecule has 15 heavy (non-hydrogen) atoms. The lowest BCUT2D eigenvalue weighted by molar-refractivity contribution is 0.553. The predicted molar refractivity (Wildman–Crippen MR) is 72.0 cm³/mol. The molecule has 0 aromatic carbocycles. The zero-order valence-corrected chi connectivity index (χ0v) is 10.8. The van der Waals surface area contributed by atoms with Crippen molar-refractivity contribution in [2.75, 3.05) is 5.75 Å². The fourth-order valence-electron chi connectivity index (χ4n) is 2.29. The van der Waals surface area contributed by atoms with E-state index < -0.39 is 0 Å². The van der Waals surface area contributed by atoms with Crippen LogP contribution in [0.3, 0.4) is 0 Å². The van der Waals surface area contributed by atoms with Gasteiger partial charge in [0, 0.05) is 5.75 Å². The molecule has 3 atom stereocenters. The monoisotopic (exact) mass is 222 g/mol. The Balaban J connectivity index is 2.51. The molecule has 1 heteroatoms. The second-order valence-electron chi connectivity index (χ2n) is 4.79. The van der Waals surface area contributed by atoms with Crippen molar-refractivity contribution in [3.63, 3.8) is 0 Å². The van der Waals surface area contributed by atoms with Gasteiger partial charge in [-0.05, 0) is 42.4 Å². The minimum atomic E-state index is 0.641. The Labute approximate surface area is 98.5 Å². The maximum absolute atomic E-state index is 4.22. The molecular formula is C14H22S. The SMILES string of the molecule is C=CC1CC(C)CC1C(=C)SCC(=C)C. The van der Waals surface area contributed by atoms with Gasteiger partial charge in [-0.25, -0.2) is 0 Å². The van der Waals surface area contributed by atoms with Crippen LogP contribution >= 0.6 is 11.8 Å². The van der Waals surface area contributed by atoms with E-state index in [0.717, 1.165) is 11.7 Å². The van der Waals surface area contributed by atoms with Crippen LogP contribution in [0.5, 0.6) is 0 Å². The van der Waals surface area contributed by atoms with Crippen LogP contribution in [-0.2, 0) is 0 Å². The molecule has 0 amide bonds. The molecule has 0 nitrogen and oxygen atoms in total. The lowest BCUT2D eigenvalue weighted by atomic mass is 9.96. The molecule has 0 heterocycles. The Bertz CT molecular complexity index is 265. The van der Waals surface area contributed by atoms with Crippen LogP contribution in [0, 0.1) is 17.8 Å². The molecule has 1 aliphatic rings. The fraction of sp³-hybridized carbons (Fsp3) is 0.571. The Morgan fingerprint density at radius 1 is 1.40 bits per heavy atom. The summed E-state index contributed by atoms with van der Waals surface area (Å²) in [5.74, 6) is 3.11. The van der Waals surface area contributed by atoms with Gasteiger partial charge in [0.25, 0.3) is 0 Å². The molecule has 84 valence electrons. The molecule has 0 N–H and O–H groups in total. The lowest BCUT2D eigenvalue weighted by Crippen LogP contribution is -2.06. The highest BCUT2D eigenvalue weighted by Gasteiger charge is 2.31. The second kappa shape index (κ2) is 5.60. The smallest absolute Gasteiger partial charge is 0.0181 e. The van der Waals surface area contributed by atoms with Gasteiger partial charge in [-0.3, -0.25) is 0 Å². The Kier molecular flexibility index (Phi) is 4.72. The van der Waals surface area contributed by atoms with Crippen LogP contribution in [0.1, 0.15) is 26.7 Å². The van der Waals surface area contributed by atoms with E-state index in [0.29, 0.717) is 11.8 Å². The maximum atomic E-state index is 4.22. The summed E-state index contributed by atoms with van der Waals surface area (Å²) in [6, 6.07) is 0. The largest absolute Gasteiger partial charge is 0.126 e. The summed E-state index contributed by atoms with van der Waals surface area (Å²) in [4.78, 5) is 1.33. The normalized spacial score (nSPS) is 30.1. The molecular weight excluding hydrogens is 200 g/mol. The lowest BCUT2D eigenvalue weighted by Gasteiger charge is -2.18. The van der Waals surface area contributed by atoms with Gasteiger partial charge in [0.15, 0.2) is 0 Å². The molecule has 0 spiro atoms. The van der Waals surface area contributed by atoms with E-state index in [1.54, 1.807) is 0 Å². The van der Waals surface area contributed by atoms with E-state index in [1.807, 2.05) is 11.8 Å². The average molecular weight is 222 g/mol. The van der Waals surface area contributed by atoms with E-state index in [-0.39, 0.29) is 0 Å². The molecule has 1 saturated carbocycles. The molecule has 0 aromatic heterocycles. The first-order chi connectivity index (χ1) is 7.04. The zero-order chi connectivity index (χ0) is 11.4. The molecule has 0 aromatic rings. The summed E-state index contributed by atoms with van der Waals surface area (Å²) in [5, 5.41) is 0. The maximum Gasteiger partial charge on any atom is 0.0181 e. The van der Waals surface area contributed by atoms with Crippen molar-refractivity contribution in [3.8, 4) is 0 Å². The molecule has 0 bridgehead atoms. The van der Waals surface area contributed by atoms with E-state index in [2.05, 4.69) is 39.7 Å². The van der Waals surface area contributed by atoms with Crippen molar-refractivity contribution in [1.82, 2.24) is 0 Å².